The Bertz CT molecular complexity index is 1910. The Labute approximate surface area is 330 Å². The van der Waals surface area contributed by atoms with Gasteiger partial charge in [0.15, 0.2) is 11.8 Å². The first-order valence-electron chi connectivity index (χ1n) is 18.3. The zero-order valence-electron chi connectivity index (χ0n) is 31.1. The van der Waals surface area contributed by atoms with Crippen LogP contribution in [0.15, 0.2) is 121 Å². The van der Waals surface area contributed by atoms with Gasteiger partial charge in [0.1, 0.15) is 24.4 Å². The van der Waals surface area contributed by atoms with Gasteiger partial charge in [-0.3, -0.25) is 4.79 Å². The van der Waals surface area contributed by atoms with E-state index in [2.05, 4.69) is 14.8 Å². The number of carbonyl (C=O) groups is 2. The maximum absolute atomic E-state index is 13.8. The van der Waals surface area contributed by atoms with Crippen LogP contribution in [0.3, 0.4) is 0 Å². The maximum Gasteiger partial charge on any atom is 0.465 e. The molecular formula is C42H41F6NO9. The van der Waals surface area contributed by atoms with Gasteiger partial charge in [-0.2, -0.15) is 26.3 Å². The Morgan fingerprint density at radius 2 is 1.05 bits per heavy atom. The number of benzene rings is 4. The third kappa shape index (κ3) is 10.2. The molecule has 2 saturated heterocycles. The Kier molecular flexibility index (Phi) is 13.6. The molecule has 2 heterocycles. The van der Waals surface area contributed by atoms with Crippen molar-refractivity contribution in [2.75, 3.05) is 6.61 Å². The number of rotatable bonds is 16. The molecule has 1 amide bonds. The maximum atomic E-state index is 13.8. The lowest BCUT2D eigenvalue weighted by Gasteiger charge is -2.46. The molecule has 0 aromatic heterocycles. The van der Waals surface area contributed by atoms with Gasteiger partial charge < -0.3 is 38.5 Å². The molecule has 2 aliphatic rings. The number of hydrogen-bond donors (Lipinski definition) is 1. The van der Waals surface area contributed by atoms with E-state index in [-0.39, 0.29) is 33.0 Å². The topological polar surface area (TPSA) is 111 Å². The molecule has 0 unspecified atom stereocenters. The fourth-order valence-corrected chi connectivity index (χ4v) is 6.54. The van der Waals surface area contributed by atoms with E-state index in [1.165, 1.54) is 0 Å². The van der Waals surface area contributed by atoms with Crippen LogP contribution in [0.4, 0.5) is 26.3 Å². The summed E-state index contributed by atoms with van der Waals surface area (Å²) in [4.78, 5) is 26.4. The van der Waals surface area contributed by atoms with Gasteiger partial charge in [-0.1, -0.05) is 121 Å². The molecule has 0 saturated carbocycles. The number of alkyl halides is 6. The Morgan fingerprint density at radius 3 is 1.48 bits per heavy atom. The molecule has 0 radical (unpaired) electrons. The lowest BCUT2D eigenvalue weighted by atomic mass is 9.96. The summed E-state index contributed by atoms with van der Waals surface area (Å²) in [6, 6.07) is 36.6. The number of cyclic esters (lactones) is 1. The molecule has 0 bridgehead atoms. The Balaban J connectivity index is 1.32. The minimum Gasteiger partial charge on any atom is -0.414 e. The van der Waals surface area contributed by atoms with Crippen LogP contribution >= 0.6 is 0 Å². The number of amides is 1. The van der Waals surface area contributed by atoms with Crippen molar-refractivity contribution in [3.63, 3.8) is 0 Å². The van der Waals surface area contributed by atoms with Crippen LogP contribution in [0.2, 0.25) is 0 Å². The Morgan fingerprint density at radius 1 is 0.638 bits per heavy atom. The van der Waals surface area contributed by atoms with Gasteiger partial charge in [0.25, 0.3) is 0 Å². The van der Waals surface area contributed by atoms with Crippen molar-refractivity contribution >= 4 is 11.9 Å². The van der Waals surface area contributed by atoms with Gasteiger partial charge in [-0.15, -0.1) is 0 Å². The average Bonchev–Trinajstić information content (AvgIpc) is 3.48. The normalized spacial score (nSPS) is 24.6. The SMILES string of the molecule is C[C@@]1(CC(=O)N[C@@H]2O[C@H](COCc3ccccc3)[C@@H](OCc3ccccc3)[C@H](OCc3ccccc3)[C@H]2OCc2ccccc2)OC(C(F)(F)F)(C(F)(F)F)OC1=O. The number of carbonyl (C=O) groups excluding carboxylic acids is 2. The summed E-state index contributed by atoms with van der Waals surface area (Å²) in [7, 11) is 0. The number of nitrogens with one attached hydrogen (secondary N) is 1. The van der Waals surface area contributed by atoms with Gasteiger partial charge >= 0.3 is 24.1 Å². The van der Waals surface area contributed by atoms with E-state index in [4.69, 9.17) is 23.7 Å². The van der Waals surface area contributed by atoms with E-state index in [1.807, 2.05) is 91.0 Å². The lowest BCUT2D eigenvalue weighted by Crippen LogP contribution is -2.65. The second kappa shape index (κ2) is 18.4. The second-order valence-corrected chi connectivity index (χ2v) is 14.0. The van der Waals surface area contributed by atoms with E-state index in [0.29, 0.717) is 6.92 Å². The standard InChI is InChI=1S/C42H41F6NO9/c1-39(38(51)57-40(58-39,41(43,44)45)42(46,47)48)22-33(50)49-37-36(55-26-31-20-12-5-13-21-31)35(54-25-30-18-10-4-11-19-30)34(53-24-29-16-8-3-9-17-29)32(56-37)27-52-23-28-14-6-2-7-15-28/h2-21,32,34-37H,22-27H2,1H3,(H,49,50)/t32-,34-,35+,36-,37-,39+/m1/s1. The number of ether oxygens (including phenoxy) is 7. The first kappa shape index (κ1) is 42.8. The van der Waals surface area contributed by atoms with Crippen molar-refractivity contribution in [3.8, 4) is 0 Å². The molecular weight excluding hydrogens is 776 g/mol. The van der Waals surface area contributed by atoms with E-state index < -0.39 is 72.7 Å². The fourth-order valence-electron chi connectivity index (χ4n) is 6.54. The van der Waals surface area contributed by atoms with Gasteiger partial charge in [-0.25, -0.2) is 4.79 Å². The first-order valence-corrected chi connectivity index (χ1v) is 18.3. The van der Waals surface area contributed by atoms with Crippen LogP contribution in [0, 0.1) is 0 Å². The van der Waals surface area contributed by atoms with Crippen LogP contribution in [0.25, 0.3) is 0 Å². The molecule has 16 heteroatoms. The van der Waals surface area contributed by atoms with Crippen LogP contribution in [-0.4, -0.2) is 72.9 Å². The summed E-state index contributed by atoms with van der Waals surface area (Å²) in [5.41, 5.74) is 0.145. The molecule has 310 valence electrons. The quantitative estimate of drug-likeness (QED) is 0.0918. The predicted octanol–water partition coefficient (Wildman–Crippen LogP) is 7.34. The van der Waals surface area contributed by atoms with Crippen molar-refractivity contribution in [2.45, 2.75) is 94.2 Å². The molecule has 2 fully saturated rings. The third-order valence-corrected chi connectivity index (χ3v) is 9.47. The summed E-state index contributed by atoms with van der Waals surface area (Å²) >= 11 is 0. The number of esters is 1. The van der Waals surface area contributed by atoms with Crippen LogP contribution < -0.4 is 5.32 Å². The summed E-state index contributed by atoms with van der Waals surface area (Å²) in [6.45, 7) is 0.734. The van der Waals surface area contributed by atoms with Crippen molar-refractivity contribution in [1.29, 1.82) is 0 Å². The molecule has 10 nitrogen and oxygen atoms in total. The number of hydrogen-bond acceptors (Lipinski definition) is 9. The molecule has 6 atom stereocenters. The highest BCUT2D eigenvalue weighted by Crippen LogP contribution is 2.53. The molecule has 6 rings (SSSR count). The van der Waals surface area contributed by atoms with Gasteiger partial charge in [0.05, 0.1) is 39.5 Å². The highest BCUT2D eigenvalue weighted by molar-refractivity contribution is 5.89. The summed E-state index contributed by atoms with van der Waals surface area (Å²) in [5.74, 6) is -8.54. The van der Waals surface area contributed by atoms with Crippen LogP contribution in [-0.2, 0) is 69.2 Å². The highest BCUT2D eigenvalue weighted by Gasteiger charge is 2.82. The molecule has 2 aliphatic heterocycles. The van der Waals surface area contributed by atoms with Crippen LogP contribution in [0.5, 0.6) is 0 Å². The zero-order valence-corrected chi connectivity index (χ0v) is 31.1. The predicted molar refractivity (Wildman–Crippen MR) is 193 cm³/mol. The molecule has 0 spiro atoms. The highest BCUT2D eigenvalue weighted by atomic mass is 19.4. The average molecular weight is 818 g/mol. The number of halogens is 6. The monoisotopic (exact) mass is 817 g/mol. The van der Waals surface area contributed by atoms with Gasteiger partial charge in [-0.05, 0) is 29.2 Å². The minimum absolute atomic E-state index is 0.0366. The molecule has 4 aromatic rings. The van der Waals surface area contributed by atoms with Gasteiger partial charge in [0, 0.05) is 0 Å². The van der Waals surface area contributed by atoms with Gasteiger partial charge in [0.2, 0.25) is 5.91 Å². The summed E-state index contributed by atoms with van der Waals surface area (Å²) < 4.78 is 123. The molecule has 1 N–H and O–H groups in total. The first-order chi connectivity index (χ1) is 27.7. The summed E-state index contributed by atoms with van der Waals surface area (Å²) in [5, 5.41) is 2.52. The van der Waals surface area contributed by atoms with Crippen molar-refractivity contribution < 1.29 is 69.1 Å². The largest absolute Gasteiger partial charge is 0.465 e. The van der Waals surface area contributed by atoms with Crippen LogP contribution in [0.1, 0.15) is 35.6 Å². The molecule has 0 aliphatic carbocycles. The van der Waals surface area contributed by atoms with E-state index in [1.54, 1.807) is 30.3 Å². The van der Waals surface area contributed by atoms with Crippen molar-refractivity contribution in [3.05, 3.63) is 144 Å². The zero-order chi connectivity index (χ0) is 41.4. The Hall–Kier alpha value is -4.84. The second-order valence-electron chi connectivity index (χ2n) is 14.0. The molecule has 58 heavy (non-hydrogen) atoms. The lowest BCUT2D eigenvalue weighted by molar-refractivity contribution is -0.444. The molecule has 4 aromatic carbocycles. The van der Waals surface area contributed by atoms with Crippen molar-refractivity contribution in [2.24, 2.45) is 0 Å². The van der Waals surface area contributed by atoms with E-state index >= 15 is 0 Å². The fraction of sp³-hybridized carbons (Fsp3) is 0.381. The van der Waals surface area contributed by atoms with E-state index in [9.17, 15) is 35.9 Å². The smallest absolute Gasteiger partial charge is 0.414 e. The van der Waals surface area contributed by atoms with Crippen molar-refractivity contribution in [1.82, 2.24) is 5.32 Å². The minimum atomic E-state index is -6.22. The van der Waals surface area contributed by atoms with E-state index in [0.717, 1.165) is 22.3 Å². The third-order valence-electron chi connectivity index (χ3n) is 9.47. The summed E-state index contributed by atoms with van der Waals surface area (Å²) in [6.07, 6.45) is -19.4.